The summed E-state index contributed by atoms with van der Waals surface area (Å²) in [5, 5.41) is 6.55. The molecule has 0 aliphatic carbocycles. The fourth-order valence-electron chi connectivity index (χ4n) is 2.91. The van der Waals surface area contributed by atoms with Gasteiger partial charge in [-0.1, -0.05) is 29.4 Å². The van der Waals surface area contributed by atoms with Crippen LogP contribution in [0.3, 0.4) is 0 Å². The van der Waals surface area contributed by atoms with Gasteiger partial charge in [-0.15, -0.1) is 13.2 Å². The van der Waals surface area contributed by atoms with Crippen LogP contribution in [0.4, 0.5) is 18.9 Å². The van der Waals surface area contributed by atoms with Crippen molar-refractivity contribution in [3.63, 3.8) is 0 Å². The molecule has 0 atom stereocenters. The van der Waals surface area contributed by atoms with Gasteiger partial charge in [-0.3, -0.25) is 9.69 Å². The maximum Gasteiger partial charge on any atom is 0.573 e. The number of nitrogens with zero attached hydrogens (tertiary/aromatic N) is 3. The number of hydrogen-bond acceptors (Lipinski definition) is 7. The first-order chi connectivity index (χ1) is 15.2. The second-order valence-corrected chi connectivity index (χ2v) is 6.89. The number of ether oxygens (including phenoxy) is 2. The Balaban J connectivity index is 1.50. The van der Waals surface area contributed by atoms with Crippen molar-refractivity contribution in [2.45, 2.75) is 25.9 Å². The van der Waals surface area contributed by atoms with Crippen LogP contribution in [-0.2, 0) is 24.3 Å². The number of anilines is 1. The summed E-state index contributed by atoms with van der Waals surface area (Å²) in [6.07, 6.45) is -4.80. The molecule has 0 bridgehead atoms. The Kier molecular flexibility index (Phi) is 7.31. The van der Waals surface area contributed by atoms with Crippen LogP contribution in [0.5, 0.6) is 11.5 Å². The van der Waals surface area contributed by atoms with Crippen molar-refractivity contribution in [2.24, 2.45) is 0 Å². The molecule has 0 spiro atoms. The quantitative estimate of drug-likeness (QED) is 0.531. The van der Waals surface area contributed by atoms with Gasteiger partial charge >= 0.3 is 6.36 Å². The number of benzene rings is 2. The van der Waals surface area contributed by atoms with Gasteiger partial charge in [-0.05, 0) is 36.9 Å². The number of rotatable bonds is 9. The molecule has 11 heteroatoms. The van der Waals surface area contributed by atoms with Crippen LogP contribution in [0, 0.1) is 0 Å². The van der Waals surface area contributed by atoms with E-state index in [4.69, 9.17) is 9.26 Å². The van der Waals surface area contributed by atoms with Crippen LogP contribution < -0.4 is 14.8 Å². The number of carbonyl (C=O) groups excluding carboxylic acids is 1. The zero-order valence-electron chi connectivity index (χ0n) is 17.3. The highest BCUT2D eigenvalue weighted by atomic mass is 19.4. The molecule has 3 rings (SSSR count). The topological polar surface area (TPSA) is 89.7 Å². The lowest BCUT2D eigenvalue weighted by atomic mass is 10.2. The first kappa shape index (κ1) is 23.1. The van der Waals surface area contributed by atoms with Crippen LogP contribution in [0.15, 0.2) is 53.1 Å². The molecule has 2 aromatic carbocycles. The summed E-state index contributed by atoms with van der Waals surface area (Å²) in [5.74, 6) is 0.474. The SMILES string of the molecule is COc1ccccc1NC(=O)Cc1noc(CN(C)Cc2ccc(OC(F)(F)F)cc2)n1. The first-order valence-corrected chi connectivity index (χ1v) is 9.49. The van der Waals surface area contributed by atoms with E-state index in [2.05, 4.69) is 20.2 Å². The maximum atomic E-state index is 12.3. The largest absolute Gasteiger partial charge is 0.573 e. The third-order valence-electron chi connectivity index (χ3n) is 4.22. The number of aromatic nitrogens is 2. The van der Waals surface area contributed by atoms with E-state index < -0.39 is 6.36 Å². The molecule has 0 unspecified atom stereocenters. The van der Waals surface area contributed by atoms with E-state index in [9.17, 15) is 18.0 Å². The molecule has 0 fully saturated rings. The van der Waals surface area contributed by atoms with E-state index in [1.54, 1.807) is 43.4 Å². The monoisotopic (exact) mass is 450 g/mol. The highest BCUT2D eigenvalue weighted by Crippen LogP contribution is 2.24. The summed E-state index contributed by atoms with van der Waals surface area (Å²) >= 11 is 0. The Labute approximate surface area is 181 Å². The van der Waals surface area contributed by atoms with Crippen molar-refractivity contribution in [3.8, 4) is 11.5 Å². The minimum atomic E-state index is -4.72. The van der Waals surface area contributed by atoms with Gasteiger partial charge < -0.3 is 19.3 Å². The molecule has 0 radical (unpaired) electrons. The van der Waals surface area contributed by atoms with Crippen LogP contribution in [-0.4, -0.2) is 41.5 Å². The number of hydrogen-bond donors (Lipinski definition) is 1. The smallest absolute Gasteiger partial charge is 0.495 e. The molecule has 0 saturated carbocycles. The molecule has 1 aromatic heterocycles. The van der Waals surface area contributed by atoms with E-state index in [1.165, 1.54) is 19.2 Å². The van der Waals surface area contributed by atoms with Crippen LogP contribution >= 0.6 is 0 Å². The van der Waals surface area contributed by atoms with E-state index in [0.29, 0.717) is 30.4 Å². The molecular formula is C21H21F3N4O4. The Morgan fingerprint density at radius 1 is 1.12 bits per heavy atom. The van der Waals surface area contributed by atoms with Gasteiger partial charge in [0.1, 0.15) is 11.5 Å². The molecular weight excluding hydrogens is 429 g/mol. The number of nitrogens with one attached hydrogen (secondary N) is 1. The summed E-state index contributed by atoms with van der Waals surface area (Å²) in [4.78, 5) is 18.3. The maximum absolute atomic E-state index is 12.3. The second-order valence-electron chi connectivity index (χ2n) is 6.89. The minimum absolute atomic E-state index is 0.0775. The Morgan fingerprint density at radius 2 is 1.84 bits per heavy atom. The molecule has 0 saturated heterocycles. The molecule has 8 nitrogen and oxygen atoms in total. The first-order valence-electron chi connectivity index (χ1n) is 9.49. The van der Waals surface area contributed by atoms with Gasteiger partial charge in [0.2, 0.25) is 11.8 Å². The normalized spacial score (nSPS) is 11.4. The highest BCUT2D eigenvalue weighted by molar-refractivity contribution is 5.93. The van der Waals surface area contributed by atoms with Crippen molar-refractivity contribution < 1.29 is 32.0 Å². The molecule has 1 amide bonds. The second kappa shape index (κ2) is 10.1. The molecule has 32 heavy (non-hydrogen) atoms. The Morgan fingerprint density at radius 3 is 2.53 bits per heavy atom. The van der Waals surface area contributed by atoms with E-state index in [-0.39, 0.29) is 23.9 Å². The van der Waals surface area contributed by atoms with Crippen LogP contribution in [0.2, 0.25) is 0 Å². The average Bonchev–Trinajstić information content (AvgIpc) is 3.15. The van der Waals surface area contributed by atoms with Crippen molar-refractivity contribution in [2.75, 3.05) is 19.5 Å². The number of methoxy groups -OCH3 is 1. The van der Waals surface area contributed by atoms with Gasteiger partial charge in [-0.25, -0.2) is 0 Å². The third-order valence-corrected chi connectivity index (χ3v) is 4.22. The lowest BCUT2D eigenvalue weighted by Crippen LogP contribution is -2.18. The fraction of sp³-hybridized carbons (Fsp3) is 0.286. The van der Waals surface area contributed by atoms with Gasteiger partial charge in [0.15, 0.2) is 5.82 Å². The zero-order valence-corrected chi connectivity index (χ0v) is 17.3. The minimum Gasteiger partial charge on any atom is -0.495 e. The number of para-hydroxylation sites is 2. The Bertz CT molecular complexity index is 1040. The third kappa shape index (κ3) is 6.98. The summed E-state index contributed by atoms with van der Waals surface area (Å²) in [6.45, 7) is 0.722. The zero-order chi connectivity index (χ0) is 23.1. The standard InChI is InChI=1S/C21H21F3N4O4/c1-28(12-14-7-9-15(10-8-14)31-21(22,23)24)13-20-26-18(27-32-20)11-19(29)25-16-5-3-4-6-17(16)30-2/h3-10H,11-13H2,1-2H3,(H,25,29). The number of amides is 1. The molecule has 0 aliphatic heterocycles. The highest BCUT2D eigenvalue weighted by Gasteiger charge is 2.30. The molecule has 1 heterocycles. The number of carbonyl (C=O) groups is 1. The van der Waals surface area contributed by atoms with Gasteiger partial charge in [0.25, 0.3) is 0 Å². The van der Waals surface area contributed by atoms with Crippen molar-refractivity contribution in [1.29, 1.82) is 0 Å². The molecule has 170 valence electrons. The van der Waals surface area contributed by atoms with Crippen molar-refractivity contribution >= 4 is 11.6 Å². The van der Waals surface area contributed by atoms with E-state index >= 15 is 0 Å². The average molecular weight is 450 g/mol. The molecule has 0 aliphatic rings. The van der Waals surface area contributed by atoms with Crippen molar-refractivity contribution in [3.05, 3.63) is 65.8 Å². The van der Waals surface area contributed by atoms with Crippen LogP contribution in [0.1, 0.15) is 17.3 Å². The number of halogens is 3. The molecule has 1 N–H and O–H groups in total. The summed E-state index contributed by atoms with van der Waals surface area (Å²) in [5.41, 5.74) is 1.31. The number of alkyl halides is 3. The van der Waals surface area contributed by atoms with E-state index in [0.717, 1.165) is 5.56 Å². The summed E-state index contributed by atoms with van der Waals surface area (Å²) in [7, 11) is 3.30. The van der Waals surface area contributed by atoms with E-state index in [1.807, 2.05) is 4.90 Å². The lowest BCUT2D eigenvalue weighted by molar-refractivity contribution is -0.274. The van der Waals surface area contributed by atoms with Gasteiger partial charge in [0, 0.05) is 6.54 Å². The Hall–Kier alpha value is -3.60. The summed E-state index contributed by atoms with van der Waals surface area (Å²) in [6, 6.07) is 12.6. The summed E-state index contributed by atoms with van der Waals surface area (Å²) < 4.78 is 50.9. The predicted octanol–water partition coefficient (Wildman–Crippen LogP) is 3.79. The van der Waals surface area contributed by atoms with Crippen molar-refractivity contribution in [1.82, 2.24) is 15.0 Å². The predicted molar refractivity (Wildman–Crippen MR) is 108 cm³/mol. The lowest BCUT2D eigenvalue weighted by Gasteiger charge is -2.15. The van der Waals surface area contributed by atoms with Gasteiger partial charge in [0.05, 0.1) is 25.8 Å². The van der Waals surface area contributed by atoms with Crippen LogP contribution in [0.25, 0.3) is 0 Å². The fourth-order valence-corrected chi connectivity index (χ4v) is 2.91. The van der Waals surface area contributed by atoms with Gasteiger partial charge in [-0.2, -0.15) is 4.98 Å². The molecule has 3 aromatic rings.